The first-order valence-electron chi connectivity index (χ1n) is 4.58. The first kappa shape index (κ1) is 10.5. The van der Waals surface area contributed by atoms with Gasteiger partial charge < -0.3 is 5.32 Å². The lowest BCUT2D eigenvalue weighted by atomic mass is 10.2. The highest BCUT2D eigenvalue weighted by Gasteiger charge is 2.03. The normalized spacial score (nSPS) is 10.5. The molecule has 1 rings (SSSR count). The van der Waals surface area contributed by atoms with Gasteiger partial charge in [0, 0.05) is 22.9 Å². The quantitative estimate of drug-likeness (QED) is 0.740. The lowest BCUT2D eigenvalue weighted by Crippen LogP contribution is -1.94. The number of anilines is 1. The molecule has 0 saturated carbocycles. The van der Waals surface area contributed by atoms with Gasteiger partial charge in [-0.05, 0) is 24.6 Å². The fourth-order valence-electron chi connectivity index (χ4n) is 1.20. The van der Waals surface area contributed by atoms with Crippen LogP contribution in [0.5, 0.6) is 0 Å². The van der Waals surface area contributed by atoms with Gasteiger partial charge in [-0.2, -0.15) is 0 Å². The van der Waals surface area contributed by atoms with Gasteiger partial charge in [0.05, 0.1) is 0 Å². The van der Waals surface area contributed by atoms with Gasteiger partial charge in [-0.3, -0.25) is 0 Å². The summed E-state index contributed by atoms with van der Waals surface area (Å²) in [5.41, 5.74) is 2.54. The number of benzene rings is 1. The Labute approximate surface area is 84.9 Å². The topological polar surface area (TPSA) is 12.0 Å². The first-order chi connectivity index (χ1) is 6.13. The van der Waals surface area contributed by atoms with Crippen molar-refractivity contribution in [2.24, 2.45) is 0 Å². The molecule has 0 radical (unpaired) electrons. The van der Waals surface area contributed by atoms with E-state index in [0.717, 1.165) is 0 Å². The molecule has 0 fully saturated rings. The molecule has 0 aliphatic heterocycles. The number of nitrogens with one attached hydrogen (secondary N) is 1. The van der Waals surface area contributed by atoms with Gasteiger partial charge in [-0.25, -0.2) is 0 Å². The summed E-state index contributed by atoms with van der Waals surface area (Å²) < 4.78 is 0. The van der Waals surface area contributed by atoms with E-state index in [9.17, 15) is 0 Å². The molecular formula is C11H17NS. The summed E-state index contributed by atoms with van der Waals surface area (Å²) in [6.07, 6.45) is 0. The Bertz CT molecular complexity index is 281. The summed E-state index contributed by atoms with van der Waals surface area (Å²) in [6.45, 7) is 6.54. The fraction of sp³-hybridized carbons (Fsp3) is 0.455. The molecule has 0 aliphatic carbocycles. The second kappa shape index (κ2) is 4.56. The molecule has 1 nitrogen and oxygen atoms in total. The van der Waals surface area contributed by atoms with E-state index >= 15 is 0 Å². The SMILES string of the molecule is CNc1cc(C)ccc1SC(C)C. The fourth-order valence-corrected chi connectivity index (χ4v) is 2.14. The van der Waals surface area contributed by atoms with E-state index in [4.69, 9.17) is 0 Å². The van der Waals surface area contributed by atoms with Crippen molar-refractivity contribution in [1.82, 2.24) is 0 Å². The van der Waals surface area contributed by atoms with Crippen LogP contribution in [-0.4, -0.2) is 12.3 Å². The summed E-state index contributed by atoms with van der Waals surface area (Å²) in [6, 6.07) is 6.53. The molecule has 0 aromatic heterocycles. The van der Waals surface area contributed by atoms with E-state index in [1.807, 2.05) is 18.8 Å². The average molecular weight is 195 g/mol. The summed E-state index contributed by atoms with van der Waals surface area (Å²) >= 11 is 1.90. The summed E-state index contributed by atoms with van der Waals surface area (Å²) in [4.78, 5) is 1.34. The van der Waals surface area contributed by atoms with Crippen LogP contribution in [-0.2, 0) is 0 Å². The number of thioether (sulfide) groups is 1. The molecule has 0 bridgehead atoms. The lowest BCUT2D eigenvalue weighted by Gasteiger charge is -2.11. The minimum Gasteiger partial charge on any atom is -0.387 e. The highest BCUT2D eigenvalue weighted by molar-refractivity contribution is 8.00. The minimum atomic E-state index is 0.634. The molecule has 1 aromatic carbocycles. The van der Waals surface area contributed by atoms with Gasteiger partial charge in [-0.1, -0.05) is 19.9 Å². The molecule has 2 heteroatoms. The molecule has 13 heavy (non-hydrogen) atoms. The lowest BCUT2D eigenvalue weighted by molar-refractivity contribution is 1.11. The van der Waals surface area contributed by atoms with Crippen molar-refractivity contribution >= 4 is 17.4 Å². The van der Waals surface area contributed by atoms with E-state index in [0.29, 0.717) is 5.25 Å². The Balaban J connectivity index is 2.92. The van der Waals surface area contributed by atoms with Gasteiger partial charge in [0.15, 0.2) is 0 Å². The van der Waals surface area contributed by atoms with Gasteiger partial charge >= 0.3 is 0 Å². The molecule has 0 spiro atoms. The smallest absolute Gasteiger partial charge is 0.0478 e. The maximum Gasteiger partial charge on any atom is 0.0478 e. The Hall–Kier alpha value is -0.630. The monoisotopic (exact) mass is 195 g/mol. The van der Waals surface area contributed by atoms with Crippen molar-refractivity contribution < 1.29 is 0 Å². The van der Waals surface area contributed by atoms with Crippen LogP contribution in [0.25, 0.3) is 0 Å². The van der Waals surface area contributed by atoms with Crippen molar-refractivity contribution in [3.8, 4) is 0 Å². The zero-order valence-corrected chi connectivity index (χ0v) is 9.53. The van der Waals surface area contributed by atoms with Gasteiger partial charge in [0.2, 0.25) is 0 Å². The van der Waals surface area contributed by atoms with Gasteiger partial charge in [-0.15, -0.1) is 11.8 Å². The third-order valence-corrected chi connectivity index (χ3v) is 2.85. The number of hydrogen-bond donors (Lipinski definition) is 1. The Morgan fingerprint density at radius 1 is 1.31 bits per heavy atom. The molecule has 1 aromatic rings. The van der Waals surface area contributed by atoms with Crippen molar-refractivity contribution in [2.75, 3.05) is 12.4 Å². The maximum absolute atomic E-state index is 3.22. The summed E-state index contributed by atoms with van der Waals surface area (Å²) in [7, 11) is 1.97. The molecule has 0 amide bonds. The molecule has 0 aliphatic rings. The Morgan fingerprint density at radius 2 is 2.00 bits per heavy atom. The highest BCUT2D eigenvalue weighted by atomic mass is 32.2. The largest absolute Gasteiger partial charge is 0.387 e. The molecule has 1 N–H and O–H groups in total. The predicted molar refractivity (Wildman–Crippen MR) is 61.7 cm³/mol. The molecule has 0 atom stereocenters. The van der Waals surface area contributed by atoms with Crippen LogP contribution in [0.15, 0.2) is 23.1 Å². The average Bonchev–Trinajstić information content (AvgIpc) is 2.07. The van der Waals surface area contributed by atoms with Crippen molar-refractivity contribution in [3.05, 3.63) is 23.8 Å². The van der Waals surface area contributed by atoms with Crippen LogP contribution < -0.4 is 5.32 Å². The standard InChI is InChI=1S/C11H17NS/c1-8(2)13-11-6-5-9(3)7-10(11)12-4/h5-8,12H,1-4H3. The van der Waals surface area contributed by atoms with E-state index in [-0.39, 0.29) is 0 Å². The zero-order valence-electron chi connectivity index (χ0n) is 8.72. The van der Waals surface area contributed by atoms with Crippen molar-refractivity contribution in [3.63, 3.8) is 0 Å². The second-order valence-electron chi connectivity index (χ2n) is 3.42. The Kier molecular flexibility index (Phi) is 3.67. The van der Waals surface area contributed by atoms with E-state index in [1.54, 1.807) is 0 Å². The minimum absolute atomic E-state index is 0.634. The third kappa shape index (κ3) is 2.96. The number of hydrogen-bond acceptors (Lipinski definition) is 2. The number of rotatable bonds is 3. The van der Waals surface area contributed by atoms with Crippen LogP contribution in [0.3, 0.4) is 0 Å². The highest BCUT2D eigenvalue weighted by Crippen LogP contribution is 2.30. The molecule has 72 valence electrons. The zero-order chi connectivity index (χ0) is 9.84. The predicted octanol–water partition coefficient (Wildman–Crippen LogP) is 3.54. The van der Waals surface area contributed by atoms with Crippen LogP contribution in [0, 0.1) is 6.92 Å². The van der Waals surface area contributed by atoms with Crippen LogP contribution in [0.2, 0.25) is 0 Å². The first-order valence-corrected chi connectivity index (χ1v) is 5.46. The summed E-state index contributed by atoms with van der Waals surface area (Å²) in [5.74, 6) is 0. The molecule has 0 unspecified atom stereocenters. The van der Waals surface area contributed by atoms with Gasteiger partial charge in [0.1, 0.15) is 0 Å². The molecular weight excluding hydrogens is 178 g/mol. The summed E-state index contributed by atoms with van der Waals surface area (Å²) in [5, 5.41) is 3.86. The van der Waals surface area contributed by atoms with Gasteiger partial charge in [0.25, 0.3) is 0 Å². The Morgan fingerprint density at radius 3 is 2.54 bits per heavy atom. The van der Waals surface area contributed by atoms with Crippen LogP contribution in [0.1, 0.15) is 19.4 Å². The third-order valence-electron chi connectivity index (χ3n) is 1.77. The van der Waals surface area contributed by atoms with E-state index in [2.05, 4.69) is 44.3 Å². The molecule has 0 saturated heterocycles. The van der Waals surface area contributed by atoms with Crippen LogP contribution in [0.4, 0.5) is 5.69 Å². The number of aryl methyl sites for hydroxylation is 1. The van der Waals surface area contributed by atoms with E-state index < -0.39 is 0 Å². The van der Waals surface area contributed by atoms with Crippen molar-refractivity contribution in [2.45, 2.75) is 30.9 Å². The second-order valence-corrected chi connectivity index (χ2v) is 5.03. The van der Waals surface area contributed by atoms with Crippen molar-refractivity contribution in [1.29, 1.82) is 0 Å². The molecule has 0 heterocycles. The maximum atomic E-state index is 3.22. The van der Waals surface area contributed by atoms with E-state index in [1.165, 1.54) is 16.1 Å². The van der Waals surface area contributed by atoms with Crippen LogP contribution >= 0.6 is 11.8 Å².